The van der Waals surface area contributed by atoms with Crippen molar-refractivity contribution in [2.24, 2.45) is 0 Å². The predicted molar refractivity (Wildman–Crippen MR) is 60.0 cm³/mol. The third-order valence-corrected chi connectivity index (χ3v) is 2.33. The van der Waals surface area contributed by atoms with Crippen molar-refractivity contribution in [3.05, 3.63) is 0 Å². The molecule has 1 atom stereocenters. The zero-order valence-electron chi connectivity index (χ0n) is 10.4. The number of carbonyl (C=O) groups is 2. The van der Waals surface area contributed by atoms with Gasteiger partial charge in [0.15, 0.2) is 0 Å². The summed E-state index contributed by atoms with van der Waals surface area (Å²) in [4.78, 5) is 24.6. The van der Waals surface area contributed by atoms with Crippen molar-refractivity contribution in [1.29, 1.82) is 0 Å². The number of nitrogens with zero attached hydrogens (tertiary/aromatic N) is 1. The lowest BCUT2D eigenvalue weighted by Gasteiger charge is -2.29. The van der Waals surface area contributed by atoms with E-state index in [0.717, 1.165) is 0 Å². The second kappa shape index (κ2) is 4.72. The van der Waals surface area contributed by atoms with Gasteiger partial charge in [-0.15, -0.1) is 0 Å². The molecule has 1 rings (SSSR count). The zero-order chi connectivity index (χ0) is 12.3. The summed E-state index contributed by atoms with van der Waals surface area (Å²) in [5.74, 6) is -0.0158. The number of ether oxygens (including phenoxy) is 1. The van der Waals surface area contributed by atoms with Gasteiger partial charge in [-0.3, -0.25) is 4.79 Å². The molecule has 0 radical (unpaired) electrons. The van der Waals surface area contributed by atoms with E-state index in [1.807, 2.05) is 27.7 Å². The number of amides is 2. The van der Waals surface area contributed by atoms with Crippen LogP contribution in [0.15, 0.2) is 0 Å². The van der Waals surface area contributed by atoms with Crippen LogP contribution >= 0.6 is 0 Å². The standard InChI is InChI=1S/C11H20N2O3/c1-8-7-12-9(14)5-6-13(8)10(15)16-11(2,3)4/h8H,5-7H2,1-4H3,(H,12,14). The summed E-state index contributed by atoms with van der Waals surface area (Å²) in [5, 5.41) is 2.75. The SMILES string of the molecule is CC1CNC(=O)CCN1C(=O)OC(C)(C)C. The lowest BCUT2D eigenvalue weighted by Crippen LogP contribution is -2.44. The lowest BCUT2D eigenvalue weighted by molar-refractivity contribution is -0.120. The van der Waals surface area contributed by atoms with Crippen LogP contribution in [0.2, 0.25) is 0 Å². The van der Waals surface area contributed by atoms with Crippen LogP contribution < -0.4 is 5.32 Å². The molecule has 0 aromatic rings. The maximum atomic E-state index is 11.8. The Morgan fingerprint density at radius 3 is 2.69 bits per heavy atom. The molecule has 92 valence electrons. The van der Waals surface area contributed by atoms with E-state index in [4.69, 9.17) is 4.74 Å². The molecule has 1 aliphatic rings. The van der Waals surface area contributed by atoms with E-state index in [0.29, 0.717) is 19.5 Å². The molecule has 5 heteroatoms. The first-order valence-electron chi connectivity index (χ1n) is 5.56. The number of carbonyl (C=O) groups excluding carboxylic acids is 2. The van der Waals surface area contributed by atoms with Gasteiger partial charge < -0.3 is 15.0 Å². The van der Waals surface area contributed by atoms with E-state index in [1.165, 1.54) is 0 Å². The molecular weight excluding hydrogens is 208 g/mol. The van der Waals surface area contributed by atoms with E-state index < -0.39 is 5.60 Å². The van der Waals surface area contributed by atoms with E-state index in [9.17, 15) is 9.59 Å². The summed E-state index contributed by atoms with van der Waals surface area (Å²) in [6.07, 6.45) is -0.0136. The average molecular weight is 228 g/mol. The van der Waals surface area contributed by atoms with E-state index in [2.05, 4.69) is 5.32 Å². The molecule has 1 aliphatic heterocycles. The first-order valence-corrected chi connectivity index (χ1v) is 5.56. The molecule has 0 aliphatic carbocycles. The molecule has 0 spiro atoms. The van der Waals surface area contributed by atoms with Gasteiger partial charge in [0.05, 0.1) is 0 Å². The Morgan fingerprint density at radius 2 is 2.12 bits per heavy atom. The molecule has 1 saturated heterocycles. The summed E-state index contributed by atoms with van der Waals surface area (Å²) in [6.45, 7) is 8.29. The van der Waals surface area contributed by atoms with Crippen molar-refractivity contribution in [1.82, 2.24) is 10.2 Å². The lowest BCUT2D eigenvalue weighted by atomic mass is 10.2. The fourth-order valence-corrected chi connectivity index (χ4v) is 1.49. The smallest absolute Gasteiger partial charge is 0.410 e. The van der Waals surface area contributed by atoms with Gasteiger partial charge in [-0.25, -0.2) is 4.79 Å². The minimum absolute atomic E-state index is 0.0158. The zero-order valence-corrected chi connectivity index (χ0v) is 10.4. The largest absolute Gasteiger partial charge is 0.444 e. The highest BCUT2D eigenvalue weighted by Crippen LogP contribution is 2.13. The minimum atomic E-state index is -0.499. The Kier molecular flexibility index (Phi) is 3.78. The van der Waals surface area contributed by atoms with E-state index in [-0.39, 0.29) is 18.0 Å². The van der Waals surface area contributed by atoms with Crippen molar-refractivity contribution in [2.75, 3.05) is 13.1 Å². The minimum Gasteiger partial charge on any atom is -0.444 e. The number of hydrogen-bond donors (Lipinski definition) is 1. The van der Waals surface area contributed by atoms with Crippen LogP contribution in [0.5, 0.6) is 0 Å². The van der Waals surface area contributed by atoms with Crippen LogP contribution in [-0.2, 0) is 9.53 Å². The van der Waals surface area contributed by atoms with Gasteiger partial charge in [0, 0.05) is 25.6 Å². The maximum absolute atomic E-state index is 11.8. The Balaban J connectivity index is 2.63. The number of rotatable bonds is 0. The van der Waals surface area contributed by atoms with Crippen molar-refractivity contribution in [3.8, 4) is 0 Å². The van der Waals surface area contributed by atoms with Gasteiger partial charge in [-0.2, -0.15) is 0 Å². The van der Waals surface area contributed by atoms with Crippen LogP contribution in [0, 0.1) is 0 Å². The second-order valence-corrected chi connectivity index (χ2v) is 5.08. The third-order valence-electron chi connectivity index (χ3n) is 2.33. The topological polar surface area (TPSA) is 58.6 Å². The maximum Gasteiger partial charge on any atom is 0.410 e. The first-order chi connectivity index (χ1) is 7.29. The molecule has 0 aromatic heterocycles. The summed E-state index contributed by atoms with van der Waals surface area (Å²) < 4.78 is 5.29. The molecule has 1 unspecified atom stereocenters. The monoisotopic (exact) mass is 228 g/mol. The molecule has 1 N–H and O–H groups in total. The van der Waals surface area contributed by atoms with Crippen molar-refractivity contribution in [2.45, 2.75) is 45.8 Å². The molecule has 16 heavy (non-hydrogen) atoms. The van der Waals surface area contributed by atoms with Crippen LogP contribution in [0.3, 0.4) is 0 Å². The molecular formula is C11H20N2O3. The van der Waals surface area contributed by atoms with E-state index in [1.54, 1.807) is 4.90 Å². The van der Waals surface area contributed by atoms with Crippen LogP contribution in [0.1, 0.15) is 34.1 Å². The van der Waals surface area contributed by atoms with Gasteiger partial charge in [0.25, 0.3) is 0 Å². The average Bonchev–Trinajstić information content (AvgIpc) is 2.26. The molecule has 5 nitrogen and oxygen atoms in total. The van der Waals surface area contributed by atoms with Gasteiger partial charge >= 0.3 is 6.09 Å². The molecule has 0 bridgehead atoms. The van der Waals surface area contributed by atoms with Gasteiger partial charge in [0.2, 0.25) is 5.91 Å². The highest BCUT2D eigenvalue weighted by atomic mass is 16.6. The van der Waals surface area contributed by atoms with Gasteiger partial charge in [-0.05, 0) is 27.7 Å². The molecule has 1 heterocycles. The first kappa shape index (κ1) is 12.8. The number of nitrogens with one attached hydrogen (secondary N) is 1. The molecule has 2 amide bonds. The molecule has 1 fully saturated rings. The van der Waals surface area contributed by atoms with Crippen LogP contribution in [0.25, 0.3) is 0 Å². The Labute approximate surface area is 96.1 Å². The predicted octanol–water partition coefficient (Wildman–Crippen LogP) is 1.13. The quantitative estimate of drug-likeness (QED) is 0.676. The second-order valence-electron chi connectivity index (χ2n) is 5.08. The molecule has 0 aromatic carbocycles. The fraction of sp³-hybridized carbons (Fsp3) is 0.818. The number of hydrogen-bond acceptors (Lipinski definition) is 3. The third kappa shape index (κ3) is 3.72. The normalized spacial score (nSPS) is 22.4. The van der Waals surface area contributed by atoms with Gasteiger partial charge in [0.1, 0.15) is 5.60 Å². The molecule has 0 saturated carbocycles. The van der Waals surface area contributed by atoms with Crippen molar-refractivity contribution in [3.63, 3.8) is 0 Å². The Bertz CT molecular complexity index is 283. The highest BCUT2D eigenvalue weighted by Gasteiger charge is 2.28. The summed E-state index contributed by atoms with van der Waals surface area (Å²) in [6, 6.07) is -0.0266. The van der Waals surface area contributed by atoms with Gasteiger partial charge in [-0.1, -0.05) is 0 Å². The Hall–Kier alpha value is -1.26. The Morgan fingerprint density at radius 1 is 1.50 bits per heavy atom. The van der Waals surface area contributed by atoms with Crippen LogP contribution in [0.4, 0.5) is 4.79 Å². The summed E-state index contributed by atoms with van der Waals surface area (Å²) in [7, 11) is 0. The van der Waals surface area contributed by atoms with Crippen molar-refractivity contribution < 1.29 is 14.3 Å². The van der Waals surface area contributed by atoms with E-state index >= 15 is 0 Å². The summed E-state index contributed by atoms with van der Waals surface area (Å²) in [5.41, 5.74) is -0.499. The van der Waals surface area contributed by atoms with Crippen molar-refractivity contribution >= 4 is 12.0 Å². The fourth-order valence-electron chi connectivity index (χ4n) is 1.49. The summed E-state index contributed by atoms with van der Waals surface area (Å²) >= 11 is 0. The van der Waals surface area contributed by atoms with Crippen LogP contribution in [-0.4, -0.2) is 41.6 Å². The highest BCUT2D eigenvalue weighted by molar-refractivity contribution is 5.78.